The third-order valence-corrected chi connectivity index (χ3v) is 6.36. The van der Waals surface area contributed by atoms with Gasteiger partial charge in [-0.25, -0.2) is 0 Å². The lowest BCUT2D eigenvalue weighted by atomic mass is 9.84. The van der Waals surface area contributed by atoms with Gasteiger partial charge in [-0.1, -0.05) is 40.7 Å². The Morgan fingerprint density at radius 2 is 1.79 bits per heavy atom. The van der Waals surface area contributed by atoms with E-state index in [-0.39, 0.29) is 24.2 Å². The highest BCUT2D eigenvalue weighted by Crippen LogP contribution is 2.47. The molecule has 0 unspecified atom stereocenters. The molecule has 1 aromatic carbocycles. The highest BCUT2D eigenvalue weighted by Gasteiger charge is 2.46. The summed E-state index contributed by atoms with van der Waals surface area (Å²) in [5, 5.41) is 0. The highest BCUT2D eigenvalue weighted by molar-refractivity contribution is 5.71. The van der Waals surface area contributed by atoms with Gasteiger partial charge in [0, 0.05) is 38.6 Å². The molecule has 0 radical (unpaired) electrons. The van der Waals surface area contributed by atoms with Gasteiger partial charge in [0.25, 0.3) is 0 Å². The van der Waals surface area contributed by atoms with E-state index in [0.717, 1.165) is 36.7 Å². The Balaban J connectivity index is 0.000000890. The molecule has 188 valence electrons. The number of cyclic esters (lactones) is 1. The van der Waals surface area contributed by atoms with Gasteiger partial charge in [0.15, 0.2) is 11.5 Å². The summed E-state index contributed by atoms with van der Waals surface area (Å²) in [4.78, 5) is 14.1. The first-order chi connectivity index (χ1) is 15.7. The predicted octanol–water partition coefficient (Wildman–Crippen LogP) is 5.50. The summed E-state index contributed by atoms with van der Waals surface area (Å²) in [7, 11) is 5.52. The first kappa shape index (κ1) is 27.5. The molecule has 1 aromatic rings. The Morgan fingerprint density at radius 1 is 1.09 bits per heavy atom. The number of ether oxygens (including phenoxy) is 4. The van der Waals surface area contributed by atoms with Crippen LogP contribution in [0.4, 0.5) is 0 Å². The molecule has 2 heterocycles. The molecule has 4 atom stereocenters. The number of methoxy groups -OCH3 is 2. The van der Waals surface area contributed by atoms with E-state index in [1.54, 1.807) is 14.2 Å². The van der Waals surface area contributed by atoms with Crippen LogP contribution in [0, 0.1) is 17.8 Å². The number of benzene rings is 1. The highest BCUT2D eigenvalue weighted by atomic mass is 16.6. The van der Waals surface area contributed by atoms with Crippen molar-refractivity contribution in [2.75, 3.05) is 34.5 Å². The molecule has 2 aliphatic heterocycles. The summed E-state index contributed by atoms with van der Waals surface area (Å²) in [5.41, 5.74) is 1.22. The molecule has 33 heavy (non-hydrogen) atoms. The summed E-state index contributed by atoms with van der Waals surface area (Å²) >= 11 is 0. The zero-order valence-electron chi connectivity index (χ0n) is 21.9. The Bertz CT molecular complexity index is 732. The van der Waals surface area contributed by atoms with Gasteiger partial charge in [0.05, 0.1) is 13.7 Å². The van der Waals surface area contributed by atoms with Gasteiger partial charge in [-0.2, -0.15) is 0 Å². The van der Waals surface area contributed by atoms with Gasteiger partial charge in [0.2, 0.25) is 0 Å². The Hall–Kier alpha value is -1.79. The minimum atomic E-state index is -0.0656. The van der Waals surface area contributed by atoms with E-state index in [9.17, 15) is 4.79 Å². The first-order valence-corrected chi connectivity index (χ1v) is 12.4. The average Bonchev–Trinajstić information content (AvgIpc) is 3.33. The average molecular weight is 464 g/mol. The third kappa shape index (κ3) is 7.61. The lowest BCUT2D eigenvalue weighted by molar-refractivity contribution is -0.143. The van der Waals surface area contributed by atoms with Crippen molar-refractivity contribution in [2.24, 2.45) is 17.8 Å². The van der Waals surface area contributed by atoms with E-state index in [1.807, 2.05) is 6.07 Å². The summed E-state index contributed by atoms with van der Waals surface area (Å²) in [6.07, 6.45) is 3.22. The van der Waals surface area contributed by atoms with Crippen LogP contribution in [0.25, 0.3) is 0 Å². The summed E-state index contributed by atoms with van der Waals surface area (Å²) in [6.45, 7) is 12.3. The Kier molecular flexibility index (Phi) is 11.0. The van der Waals surface area contributed by atoms with Crippen molar-refractivity contribution < 1.29 is 23.7 Å². The van der Waals surface area contributed by atoms with Crippen molar-refractivity contribution in [2.45, 2.75) is 78.5 Å². The molecule has 6 heteroatoms. The molecule has 0 aromatic heterocycles. The second kappa shape index (κ2) is 13.2. The molecule has 0 amide bonds. The summed E-state index contributed by atoms with van der Waals surface area (Å²) < 4.78 is 22.3. The van der Waals surface area contributed by atoms with Crippen molar-refractivity contribution in [3.63, 3.8) is 0 Å². The van der Waals surface area contributed by atoms with Gasteiger partial charge >= 0.3 is 5.97 Å². The van der Waals surface area contributed by atoms with Gasteiger partial charge in [-0.3, -0.25) is 9.69 Å². The summed E-state index contributed by atoms with van der Waals surface area (Å²) in [5.74, 6) is 3.29. The van der Waals surface area contributed by atoms with Gasteiger partial charge < -0.3 is 18.9 Å². The smallest absolute Gasteiger partial charge is 0.306 e. The number of rotatable bonds is 9. The van der Waals surface area contributed by atoms with E-state index in [1.165, 1.54) is 5.56 Å². The quantitative estimate of drug-likeness (QED) is 0.356. The van der Waals surface area contributed by atoms with Crippen molar-refractivity contribution in [1.29, 1.82) is 0 Å². The van der Waals surface area contributed by atoms with E-state index >= 15 is 0 Å². The van der Waals surface area contributed by atoms with Crippen molar-refractivity contribution >= 4 is 5.97 Å². The molecule has 6 nitrogen and oxygen atoms in total. The van der Waals surface area contributed by atoms with Crippen LogP contribution >= 0.6 is 0 Å². The van der Waals surface area contributed by atoms with Crippen LogP contribution in [0.2, 0.25) is 0 Å². The SMILES string of the molecule is CC(C)C.COCCCOc1cc([C@H]2[C@H](C(C)C)C[C@@H]([C@@H]3CCC(=O)O3)N2C)ccc1OC. The van der Waals surface area contributed by atoms with Crippen LogP contribution in [0.3, 0.4) is 0 Å². The monoisotopic (exact) mass is 463 g/mol. The zero-order valence-corrected chi connectivity index (χ0v) is 21.9. The molecule has 0 saturated carbocycles. The van der Waals surface area contributed by atoms with Crippen LogP contribution in [-0.2, 0) is 14.3 Å². The maximum absolute atomic E-state index is 11.7. The number of hydrogen-bond acceptors (Lipinski definition) is 6. The Labute approximate surface area is 200 Å². The van der Waals surface area contributed by atoms with Crippen LogP contribution in [0.15, 0.2) is 18.2 Å². The number of hydrogen-bond donors (Lipinski definition) is 0. The van der Waals surface area contributed by atoms with Crippen LogP contribution in [-0.4, -0.2) is 57.5 Å². The number of carbonyl (C=O) groups excluding carboxylic acids is 1. The number of likely N-dealkylation sites (tertiary alicyclic amines) is 1. The lowest BCUT2D eigenvalue weighted by Gasteiger charge is -2.31. The maximum Gasteiger partial charge on any atom is 0.306 e. The number of carbonyl (C=O) groups is 1. The van der Waals surface area contributed by atoms with E-state index < -0.39 is 0 Å². The fraction of sp³-hybridized carbons (Fsp3) is 0.741. The molecular formula is C27H45NO5. The standard InChI is InChI=1S/C23H35NO5.C4H10/c1-15(2)17-14-18(19-9-10-22(25)29-19)24(3)23(17)16-7-8-20(27-5)21(13-16)28-12-6-11-26-4;1-4(2)3/h7-8,13,15,17-19,23H,6,9-12,14H2,1-5H3;4H,1-3H3/t17-,18-,19-,23-;/m0./s1. The van der Waals surface area contributed by atoms with Crippen LogP contribution in [0.1, 0.15) is 71.9 Å². The minimum Gasteiger partial charge on any atom is -0.493 e. The molecule has 0 N–H and O–H groups in total. The molecule has 3 rings (SSSR count). The van der Waals surface area contributed by atoms with Crippen molar-refractivity contribution in [1.82, 2.24) is 4.90 Å². The second-order valence-electron chi connectivity index (χ2n) is 10.2. The largest absolute Gasteiger partial charge is 0.493 e. The lowest BCUT2D eigenvalue weighted by Crippen LogP contribution is -2.37. The van der Waals surface area contributed by atoms with Crippen LogP contribution < -0.4 is 9.47 Å². The maximum atomic E-state index is 11.7. The number of likely N-dealkylation sites (N-methyl/N-ethyl adjacent to an activating group) is 1. The molecule has 2 aliphatic rings. The van der Waals surface area contributed by atoms with E-state index in [0.29, 0.717) is 31.5 Å². The second-order valence-corrected chi connectivity index (χ2v) is 10.2. The molecular weight excluding hydrogens is 418 g/mol. The summed E-state index contributed by atoms with van der Waals surface area (Å²) in [6, 6.07) is 6.76. The predicted molar refractivity (Wildman–Crippen MR) is 132 cm³/mol. The fourth-order valence-electron chi connectivity index (χ4n) is 4.81. The van der Waals surface area contributed by atoms with E-state index in [4.69, 9.17) is 18.9 Å². The van der Waals surface area contributed by atoms with Gasteiger partial charge in [0.1, 0.15) is 6.10 Å². The first-order valence-electron chi connectivity index (χ1n) is 12.4. The van der Waals surface area contributed by atoms with Crippen molar-refractivity contribution in [3.05, 3.63) is 23.8 Å². The van der Waals surface area contributed by atoms with Gasteiger partial charge in [-0.15, -0.1) is 0 Å². The van der Waals surface area contributed by atoms with Gasteiger partial charge in [-0.05, 0) is 55.3 Å². The van der Waals surface area contributed by atoms with Crippen LogP contribution in [0.5, 0.6) is 11.5 Å². The third-order valence-electron chi connectivity index (χ3n) is 6.36. The van der Waals surface area contributed by atoms with Crippen molar-refractivity contribution in [3.8, 4) is 11.5 Å². The molecule has 2 fully saturated rings. The molecule has 0 spiro atoms. The Morgan fingerprint density at radius 3 is 2.33 bits per heavy atom. The normalized spacial score (nSPS) is 25.2. The van der Waals surface area contributed by atoms with E-state index in [2.05, 4.69) is 58.7 Å². The number of esters is 1. The molecule has 2 saturated heterocycles. The fourth-order valence-corrected chi connectivity index (χ4v) is 4.81. The molecule has 0 aliphatic carbocycles. The zero-order chi connectivity index (χ0) is 24.5. The number of nitrogens with zero attached hydrogens (tertiary/aromatic N) is 1. The minimum absolute atomic E-state index is 0.00163. The topological polar surface area (TPSA) is 57.2 Å². The molecule has 0 bridgehead atoms.